The van der Waals surface area contributed by atoms with Gasteiger partial charge in [-0.05, 0) is 35.4 Å². The van der Waals surface area contributed by atoms with Crippen LogP contribution in [0.25, 0.3) is 0 Å². The highest BCUT2D eigenvalue weighted by atomic mass is 79.9. The van der Waals surface area contributed by atoms with E-state index in [9.17, 15) is 8.78 Å². The second-order valence-corrected chi connectivity index (χ2v) is 4.67. The molecular formula is C13H11BrF2N2. The van der Waals surface area contributed by atoms with E-state index in [1.807, 2.05) is 0 Å². The van der Waals surface area contributed by atoms with Gasteiger partial charge in [0, 0.05) is 4.47 Å². The first-order valence-electron chi connectivity index (χ1n) is 5.28. The van der Waals surface area contributed by atoms with Gasteiger partial charge in [0.25, 0.3) is 0 Å². The number of benzene rings is 2. The van der Waals surface area contributed by atoms with Crippen molar-refractivity contribution in [1.29, 1.82) is 0 Å². The molecule has 1 atom stereocenters. The number of rotatable bonds is 3. The Bertz CT molecular complexity index is 543. The van der Waals surface area contributed by atoms with Crippen LogP contribution in [-0.2, 0) is 0 Å². The lowest BCUT2D eigenvalue weighted by Gasteiger charge is -2.18. The third-order valence-corrected chi connectivity index (χ3v) is 3.33. The Labute approximate surface area is 112 Å². The standard InChI is InChI=1S/C13H11BrF2N2/c14-12-7-10(16)5-6-11(12)13(18-17)8-1-3-9(15)4-2-8/h1-7,13,18H,17H2. The molecule has 94 valence electrons. The molecule has 2 nitrogen and oxygen atoms in total. The topological polar surface area (TPSA) is 38.0 Å². The van der Waals surface area contributed by atoms with Gasteiger partial charge in [-0.3, -0.25) is 5.84 Å². The fraction of sp³-hybridized carbons (Fsp3) is 0.0769. The van der Waals surface area contributed by atoms with Crippen molar-refractivity contribution in [2.75, 3.05) is 0 Å². The van der Waals surface area contributed by atoms with Gasteiger partial charge in [0.1, 0.15) is 11.6 Å². The predicted molar refractivity (Wildman–Crippen MR) is 69.7 cm³/mol. The van der Waals surface area contributed by atoms with Gasteiger partial charge in [-0.25, -0.2) is 14.2 Å². The quantitative estimate of drug-likeness (QED) is 0.674. The lowest BCUT2D eigenvalue weighted by molar-refractivity contribution is 0.607. The number of hydrogen-bond donors (Lipinski definition) is 2. The monoisotopic (exact) mass is 312 g/mol. The summed E-state index contributed by atoms with van der Waals surface area (Å²) in [5.41, 5.74) is 4.22. The molecule has 0 aliphatic carbocycles. The zero-order chi connectivity index (χ0) is 13.1. The van der Waals surface area contributed by atoms with E-state index in [-0.39, 0.29) is 17.7 Å². The minimum Gasteiger partial charge on any atom is -0.271 e. The van der Waals surface area contributed by atoms with Crippen molar-refractivity contribution in [3.05, 3.63) is 69.7 Å². The molecule has 0 aliphatic rings. The fourth-order valence-electron chi connectivity index (χ4n) is 1.76. The first-order chi connectivity index (χ1) is 8.61. The van der Waals surface area contributed by atoms with Crippen LogP contribution in [0.15, 0.2) is 46.9 Å². The summed E-state index contributed by atoms with van der Waals surface area (Å²) in [6.45, 7) is 0. The first kappa shape index (κ1) is 13.1. The third kappa shape index (κ3) is 2.75. The molecule has 0 heterocycles. The SMILES string of the molecule is NNC(c1ccc(F)cc1)c1ccc(F)cc1Br. The van der Waals surface area contributed by atoms with E-state index in [0.717, 1.165) is 11.1 Å². The van der Waals surface area contributed by atoms with Gasteiger partial charge in [-0.15, -0.1) is 0 Å². The summed E-state index contributed by atoms with van der Waals surface area (Å²) in [5.74, 6) is 4.88. The number of hydrazine groups is 1. The Hall–Kier alpha value is -1.30. The van der Waals surface area contributed by atoms with E-state index in [1.54, 1.807) is 18.2 Å². The normalized spacial score (nSPS) is 12.4. The molecule has 0 saturated carbocycles. The van der Waals surface area contributed by atoms with Crippen molar-refractivity contribution < 1.29 is 8.78 Å². The number of hydrogen-bond acceptors (Lipinski definition) is 2. The Kier molecular flexibility index (Phi) is 4.06. The summed E-state index contributed by atoms with van der Waals surface area (Å²) < 4.78 is 26.5. The van der Waals surface area contributed by atoms with Crippen molar-refractivity contribution in [1.82, 2.24) is 5.43 Å². The summed E-state index contributed by atoms with van der Waals surface area (Å²) >= 11 is 3.29. The van der Waals surface area contributed by atoms with Gasteiger partial charge in [-0.1, -0.05) is 34.1 Å². The molecular weight excluding hydrogens is 302 g/mol. The number of nitrogens with one attached hydrogen (secondary N) is 1. The maximum Gasteiger partial charge on any atom is 0.124 e. The van der Waals surface area contributed by atoms with Crippen LogP contribution in [-0.4, -0.2) is 0 Å². The number of nitrogens with two attached hydrogens (primary N) is 1. The maximum atomic E-state index is 13.0. The number of halogens is 3. The molecule has 18 heavy (non-hydrogen) atoms. The average Bonchev–Trinajstić information content (AvgIpc) is 2.35. The van der Waals surface area contributed by atoms with Crippen LogP contribution in [0, 0.1) is 11.6 Å². The zero-order valence-corrected chi connectivity index (χ0v) is 10.9. The van der Waals surface area contributed by atoms with Gasteiger partial charge in [0.2, 0.25) is 0 Å². The Morgan fingerprint density at radius 3 is 2.17 bits per heavy atom. The van der Waals surface area contributed by atoms with E-state index < -0.39 is 0 Å². The molecule has 0 aromatic heterocycles. The zero-order valence-electron chi connectivity index (χ0n) is 9.33. The minimum absolute atomic E-state index is 0.312. The summed E-state index contributed by atoms with van der Waals surface area (Å²) in [6.07, 6.45) is 0. The maximum absolute atomic E-state index is 13.0. The molecule has 1 unspecified atom stereocenters. The molecule has 0 radical (unpaired) electrons. The van der Waals surface area contributed by atoms with Crippen molar-refractivity contribution in [3.8, 4) is 0 Å². The second-order valence-electron chi connectivity index (χ2n) is 3.82. The Morgan fingerprint density at radius 1 is 1.00 bits per heavy atom. The predicted octanol–water partition coefficient (Wildman–Crippen LogP) is 3.28. The highest BCUT2D eigenvalue weighted by molar-refractivity contribution is 9.10. The summed E-state index contributed by atoms with van der Waals surface area (Å²) in [4.78, 5) is 0. The summed E-state index contributed by atoms with van der Waals surface area (Å²) in [6, 6.07) is 10.0. The van der Waals surface area contributed by atoms with Crippen molar-refractivity contribution in [2.45, 2.75) is 6.04 Å². The largest absolute Gasteiger partial charge is 0.271 e. The average molecular weight is 313 g/mol. The molecule has 0 spiro atoms. The van der Waals surface area contributed by atoms with Crippen LogP contribution in [0.1, 0.15) is 17.2 Å². The molecule has 2 aromatic carbocycles. The van der Waals surface area contributed by atoms with E-state index in [1.165, 1.54) is 24.3 Å². The van der Waals surface area contributed by atoms with E-state index in [0.29, 0.717) is 4.47 Å². The van der Waals surface area contributed by atoms with Gasteiger partial charge in [0.15, 0.2) is 0 Å². The molecule has 0 bridgehead atoms. The first-order valence-corrected chi connectivity index (χ1v) is 6.07. The molecule has 0 fully saturated rings. The molecule has 2 aromatic rings. The van der Waals surface area contributed by atoms with Crippen LogP contribution >= 0.6 is 15.9 Å². The van der Waals surface area contributed by atoms with Crippen LogP contribution in [0.3, 0.4) is 0 Å². The van der Waals surface area contributed by atoms with Gasteiger partial charge >= 0.3 is 0 Å². The lowest BCUT2D eigenvalue weighted by Crippen LogP contribution is -2.29. The molecule has 3 N–H and O–H groups in total. The fourth-order valence-corrected chi connectivity index (χ4v) is 2.34. The van der Waals surface area contributed by atoms with E-state index >= 15 is 0 Å². The molecule has 2 rings (SSSR count). The second kappa shape index (κ2) is 5.56. The van der Waals surface area contributed by atoms with Crippen LogP contribution < -0.4 is 11.3 Å². The molecule has 0 saturated heterocycles. The van der Waals surface area contributed by atoms with Crippen molar-refractivity contribution in [3.63, 3.8) is 0 Å². The minimum atomic E-state index is -0.333. The molecule has 5 heteroatoms. The lowest BCUT2D eigenvalue weighted by atomic mass is 9.99. The van der Waals surface area contributed by atoms with Crippen LogP contribution in [0.2, 0.25) is 0 Å². The van der Waals surface area contributed by atoms with Crippen LogP contribution in [0.4, 0.5) is 8.78 Å². The Balaban J connectivity index is 2.41. The van der Waals surface area contributed by atoms with E-state index in [4.69, 9.17) is 5.84 Å². The highest BCUT2D eigenvalue weighted by Gasteiger charge is 2.15. The van der Waals surface area contributed by atoms with Gasteiger partial charge in [-0.2, -0.15) is 0 Å². The summed E-state index contributed by atoms with van der Waals surface area (Å²) in [7, 11) is 0. The van der Waals surface area contributed by atoms with Crippen LogP contribution in [0.5, 0.6) is 0 Å². The molecule has 0 amide bonds. The van der Waals surface area contributed by atoms with Crippen molar-refractivity contribution in [2.24, 2.45) is 5.84 Å². The Morgan fingerprint density at radius 2 is 1.61 bits per heavy atom. The van der Waals surface area contributed by atoms with Gasteiger partial charge in [0.05, 0.1) is 6.04 Å². The van der Waals surface area contributed by atoms with E-state index in [2.05, 4.69) is 21.4 Å². The summed E-state index contributed by atoms with van der Waals surface area (Å²) in [5, 5.41) is 0. The highest BCUT2D eigenvalue weighted by Crippen LogP contribution is 2.28. The third-order valence-electron chi connectivity index (χ3n) is 2.64. The van der Waals surface area contributed by atoms with Gasteiger partial charge < -0.3 is 0 Å². The smallest absolute Gasteiger partial charge is 0.124 e. The molecule has 0 aliphatic heterocycles. The van der Waals surface area contributed by atoms with Crippen molar-refractivity contribution >= 4 is 15.9 Å².